The Labute approximate surface area is 68.5 Å². The third-order valence-electron chi connectivity index (χ3n) is 1.28. The maximum atomic E-state index is 5.59. The fourth-order valence-corrected chi connectivity index (χ4v) is 0.553. The van der Waals surface area contributed by atoms with E-state index in [1.54, 1.807) is 0 Å². The minimum Gasteiger partial charge on any atom is -0.399 e. The van der Waals surface area contributed by atoms with E-state index in [0.29, 0.717) is 0 Å². The molecule has 0 unspecified atom stereocenters. The lowest BCUT2D eigenvalue weighted by Gasteiger charge is -1.95. The van der Waals surface area contributed by atoms with Crippen LogP contribution in [0.15, 0.2) is 35.7 Å². The zero-order valence-electron chi connectivity index (χ0n) is 7.39. The summed E-state index contributed by atoms with van der Waals surface area (Å²) >= 11 is 0. The molecule has 0 rings (SSSR count). The van der Waals surface area contributed by atoms with Gasteiger partial charge in [-0.05, 0) is 32.1 Å². The standard InChI is InChI=1S/C9H16N2/c1-4-5-9(10)7-6-8(2)11-3/h4-7,11H,10H2,1-3H3/b5-4-,8-6+,9-7+. The third kappa shape index (κ3) is 5.27. The molecular formula is C9H16N2. The summed E-state index contributed by atoms with van der Waals surface area (Å²) in [5.41, 5.74) is 7.45. The van der Waals surface area contributed by atoms with Crippen molar-refractivity contribution in [3.8, 4) is 0 Å². The first-order chi connectivity index (χ1) is 5.20. The summed E-state index contributed by atoms with van der Waals surface area (Å²) in [5, 5.41) is 3.00. The zero-order valence-corrected chi connectivity index (χ0v) is 7.39. The van der Waals surface area contributed by atoms with Gasteiger partial charge in [0.1, 0.15) is 0 Å². The highest BCUT2D eigenvalue weighted by atomic mass is 14.8. The second-order valence-corrected chi connectivity index (χ2v) is 2.27. The van der Waals surface area contributed by atoms with E-state index in [0.717, 1.165) is 11.4 Å². The van der Waals surface area contributed by atoms with Gasteiger partial charge in [-0.2, -0.15) is 0 Å². The van der Waals surface area contributed by atoms with E-state index in [1.165, 1.54) is 0 Å². The van der Waals surface area contributed by atoms with Gasteiger partial charge in [0.2, 0.25) is 0 Å². The van der Waals surface area contributed by atoms with Crippen LogP contribution in [0.5, 0.6) is 0 Å². The molecule has 11 heavy (non-hydrogen) atoms. The molecular weight excluding hydrogens is 136 g/mol. The van der Waals surface area contributed by atoms with Gasteiger partial charge in [-0.3, -0.25) is 0 Å². The molecule has 0 saturated heterocycles. The number of allylic oxidation sites excluding steroid dienone is 5. The molecule has 0 aliphatic heterocycles. The summed E-state index contributed by atoms with van der Waals surface area (Å²) in [6.07, 6.45) is 7.58. The summed E-state index contributed by atoms with van der Waals surface area (Å²) in [7, 11) is 1.88. The first-order valence-electron chi connectivity index (χ1n) is 3.65. The van der Waals surface area contributed by atoms with Crippen LogP contribution in [0.2, 0.25) is 0 Å². The first kappa shape index (κ1) is 9.82. The van der Waals surface area contributed by atoms with E-state index in [1.807, 2.05) is 45.2 Å². The molecule has 0 aromatic carbocycles. The van der Waals surface area contributed by atoms with Gasteiger partial charge in [0.25, 0.3) is 0 Å². The number of hydrogen-bond donors (Lipinski definition) is 2. The Hall–Kier alpha value is -1.18. The molecule has 0 heterocycles. The van der Waals surface area contributed by atoms with Crippen LogP contribution in [0.25, 0.3) is 0 Å². The first-order valence-corrected chi connectivity index (χ1v) is 3.65. The van der Waals surface area contributed by atoms with Crippen LogP contribution in [0, 0.1) is 0 Å². The molecule has 0 aromatic rings. The second kappa shape index (κ2) is 5.59. The van der Waals surface area contributed by atoms with Crippen molar-refractivity contribution in [2.24, 2.45) is 5.73 Å². The fourth-order valence-electron chi connectivity index (χ4n) is 0.553. The third-order valence-corrected chi connectivity index (χ3v) is 1.28. The SMILES string of the molecule is C\C=C/C(N)=C\C=C(/C)NC. The molecule has 0 spiro atoms. The molecule has 2 heteroatoms. The average molecular weight is 152 g/mol. The summed E-state index contributed by atoms with van der Waals surface area (Å²) in [5.74, 6) is 0. The van der Waals surface area contributed by atoms with E-state index in [4.69, 9.17) is 5.73 Å². The summed E-state index contributed by atoms with van der Waals surface area (Å²) in [6.45, 7) is 3.93. The molecule has 0 amide bonds. The highest BCUT2D eigenvalue weighted by Gasteiger charge is 1.79. The van der Waals surface area contributed by atoms with Crippen LogP contribution in [0.3, 0.4) is 0 Å². The Balaban J connectivity index is 4.10. The topological polar surface area (TPSA) is 38.0 Å². The Bertz CT molecular complexity index is 188. The molecule has 0 fully saturated rings. The van der Waals surface area contributed by atoms with E-state index >= 15 is 0 Å². The van der Waals surface area contributed by atoms with Gasteiger partial charge in [-0.1, -0.05) is 6.08 Å². The highest BCUT2D eigenvalue weighted by Crippen LogP contribution is 1.91. The van der Waals surface area contributed by atoms with Gasteiger partial charge < -0.3 is 11.1 Å². The Morgan fingerprint density at radius 3 is 2.45 bits per heavy atom. The van der Waals surface area contributed by atoms with E-state index in [2.05, 4.69) is 5.32 Å². The predicted molar refractivity (Wildman–Crippen MR) is 49.9 cm³/mol. The predicted octanol–water partition coefficient (Wildman–Crippen LogP) is 1.53. The molecule has 0 aliphatic carbocycles. The monoisotopic (exact) mass is 152 g/mol. The van der Waals surface area contributed by atoms with Crippen molar-refractivity contribution in [2.75, 3.05) is 7.05 Å². The van der Waals surface area contributed by atoms with Gasteiger partial charge in [-0.25, -0.2) is 0 Å². The maximum absolute atomic E-state index is 5.59. The lowest BCUT2D eigenvalue weighted by atomic mass is 10.3. The van der Waals surface area contributed by atoms with Crippen LogP contribution in [0.1, 0.15) is 13.8 Å². The second-order valence-electron chi connectivity index (χ2n) is 2.27. The van der Waals surface area contributed by atoms with Gasteiger partial charge in [0, 0.05) is 18.4 Å². The lowest BCUT2D eigenvalue weighted by Crippen LogP contribution is -2.01. The van der Waals surface area contributed by atoms with Crippen molar-refractivity contribution in [3.63, 3.8) is 0 Å². The normalized spacial score (nSPS) is 14.1. The average Bonchev–Trinajstić information content (AvgIpc) is 2.01. The van der Waals surface area contributed by atoms with Crippen molar-refractivity contribution in [2.45, 2.75) is 13.8 Å². The smallest absolute Gasteiger partial charge is 0.0311 e. The Kier molecular flexibility index (Phi) is 4.99. The molecule has 0 bridgehead atoms. The molecule has 0 aliphatic rings. The summed E-state index contributed by atoms with van der Waals surface area (Å²) in [4.78, 5) is 0. The minimum atomic E-state index is 0.766. The Morgan fingerprint density at radius 1 is 1.36 bits per heavy atom. The van der Waals surface area contributed by atoms with Gasteiger partial charge >= 0.3 is 0 Å². The van der Waals surface area contributed by atoms with E-state index in [9.17, 15) is 0 Å². The van der Waals surface area contributed by atoms with Crippen LogP contribution < -0.4 is 11.1 Å². The van der Waals surface area contributed by atoms with Gasteiger partial charge in [0.05, 0.1) is 0 Å². The number of nitrogens with two attached hydrogens (primary N) is 1. The number of nitrogens with one attached hydrogen (secondary N) is 1. The largest absolute Gasteiger partial charge is 0.399 e. The van der Waals surface area contributed by atoms with Crippen LogP contribution >= 0.6 is 0 Å². The van der Waals surface area contributed by atoms with Crippen molar-refractivity contribution in [3.05, 3.63) is 35.7 Å². The van der Waals surface area contributed by atoms with E-state index < -0.39 is 0 Å². The number of rotatable bonds is 3. The molecule has 0 atom stereocenters. The molecule has 0 saturated carbocycles. The van der Waals surface area contributed by atoms with Crippen LogP contribution in [-0.4, -0.2) is 7.05 Å². The van der Waals surface area contributed by atoms with E-state index in [-0.39, 0.29) is 0 Å². The summed E-state index contributed by atoms with van der Waals surface area (Å²) in [6, 6.07) is 0. The Morgan fingerprint density at radius 2 is 2.00 bits per heavy atom. The molecule has 3 N–H and O–H groups in total. The summed E-state index contributed by atoms with van der Waals surface area (Å²) < 4.78 is 0. The van der Waals surface area contributed by atoms with Crippen molar-refractivity contribution in [1.29, 1.82) is 0 Å². The van der Waals surface area contributed by atoms with Crippen molar-refractivity contribution in [1.82, 2.24) is 5.32 Å². The fraction of sp³-hybridized carbons (Fsp3) is 0.333. The lowest BCUT2D eigenvalue weighted by molar-refractivity contribution is 0.990. The van der Waals surface area contributed by atoms with Crippen LogP contribution in [-0.2, 0) is 0 Å². The quantitative estimate of drug-likeness (QED) is 0.602. The van der Waals surface area contributed by atoms with Gasteiger partial charge in [-0.15, -0.1) is 0 Å². The zero-order chi connectivity index (χ0) is 8.69. The molecule has 0 radical (unpaired) electrons. The number of hydrogen-bond acceptors (Lipinski definition) is 2. The van der Waals surface area contributed by atoms with Crippen molar-refractivity contribution >= 4 is 0 Å². The molecule has 62 valence electrons. The highest BCUT2D eigenvalue weighted by molar-refractivity contribution is 5.21. The molecule has 2 nitrogen and oxygen atoms in total. The maximum Gasteiger partial charge on any atom is 0.0311 e. The minimum absolute atomic E-state index is 0.766. The molecule has 0 aromatic heterocycles. The van der Waals surface area contributed by atoms with Crippen LogP contribution in [0.4, 0.5) is 0 Å². The van der Waals surface area contributed by atoms with Gasteiger partial charge in [0.15, 0.2) is 0 Å². The van der Waals surface area contributed by atoms with Crippen molar-refractivity contribution < 1.29 is 0 Å².